The summed E-state index contributed by atoms with van der Waals surface area (Å²) in [5, 5.41) is 8.58. The van der Waals surface area contributed by atoms with Crippen molar-refractivity contribution in [2.75, 3.05) is 12.3 Å². The van der Waals surface area contributed by atoms with Gasteiger partial charge < -0.3 is 10.8 Å². The maximum Gasteiger partial charge on any atom is 0.167 e. The minimum absolute atomic E-state index is 0.111. The number of ketones is 1. The second-order valence-electron chi connectivity index (χ2n) is 2.99. The van der Waals surface area contributed by atoms with E-state index in [2.05, 4.69) is 0 Å². The number of benzene rings is 1. The van der Waals surface area contributed by atoms with E-state index in [1.54, 1.807) is 12.1 Å². The van der Waals surface area contributed by atoms with Crippen molar-refractivity contribution >= 4 is 11.5 Å². The first-order valence-corrected chi connectivity index (χ1v) is 4.15. The van der Waals surface area contributed by atoms with E-state index in [4.69, 9.17) is 10.8 Å². The molecule has 13 heavy (non-hydrogen) atoms. The second kappa shape index (κ2) is 4.05. The topological polar surface area (TPSA) is 63.3 Å². The third-order valence-corrected chi connectivity index (χ3v) is 1.85. The first-order valence-electron chi connectivity index (χ1n) is 4.15. The summed E-state index contributed by atoms with van der Waals surface area (Å²) in [6.07, 6.45) is 0.132. The summed E-state index contributed by atoms with van der Waals surface area (Å²) < 4.78 is 0. The van der Waals surface area contributed by atoms with Crippen LogP contribution in [0.5, 0.6) is 0 Å². The number of nitrogens with two attached hydrogens (primary N) is 1. The highest BCUT2D eigenvalue weighted by atomic mass is 16.3. The molecule has 1 rings (SSSR count). The quantitative estimate of drug-likeness (QED) is 0.540. The number of rotatable bonds is 3. The molecule has 0 saturated carbocycles. The van der Waals surface area contributed by atoms with Crippen LogP contribution in [0.25, 0.3) is 0 Å². The van der Waals surface area contributed by atoms with Crippen LogP contribution in [-0.2, 0) is 0 Å². The number of carbonyl (C=O) groups is 1. The zero-order chi connectivity index (χ0) is 9.84. The van der Waals surface area contributed by atoms with E-state index >= 15 is 0 Å². The van der Waals surface area contributed by atoms with Crippen LogP contribution < -0.4 is 5.73 Å². The van der Waals surface area contributed by atoms with Gasteiger partial charge in [-0.15, -0.1) is 0 Å². The van der Waals surface area contributed by atoms with Gasteiger partial charge in [0.25, 0.3) is 0 Å². The number of aliphatic hydroxyl groups is 1. The average molecular weight is 179 g/mol. The summed E-state index contributed by atoms with van der Waals surface area (Å²) in [6, 6.07) is 5.29. The van der Waals surface area contributed by atoms with E-state index in [1.807, 2.05) is 13.0 Å². The third kappa shape index (κ3) is 2.29. The predicted octanol–water partition coefficient (Wildman–Crippen LogP) is 1.14. The SMILES string of the molecule is Cc1ccc(C(=O)CCO)c(N)c1. The Morgan fingerprint density at radius 2 is 2.23 bits per heavy atom. The monoisotopic (exact) mass is 179 g/mol. The predicted molar refractivity (Wildman–Crippen MR) is 51.6 cm³/mol. The van der Waals surface area contributed by atoms with Crippen LogP contribution in [0.15, 0.2) is 18.2 Å². The van der Waals surface area contributed by atoms with Gasteiger partial charge in [-0.3, -0.25) is 4.79 Å². The number of anilines is 1. The molecule has 0 fully saturated rings. The van der Waals surface area contributed by atoms with Crippen molar-refractivity contribution in [2.24, 2.45) is 0 Å². The summed E-state index contributed by atoms with van der Waals surface area (Å²) >= 11 is 0. The van der Waals surface area contributed by atoms with Crippen molar-refractivity contribution in [3.05, 3.63) is 29.3 Å². The van der Waals surface area contributed by atoms with Crippen molar-refractivity contribution in [3.8, 4) is 0 Å². The van der Waals surface area contributed by atoms with Gasteiger partial charge in [0.05, 0.1) is 6.61 Å². The molecule has 70 valence electrons. The molecule has 0 aliphatic heterocycles. The summed E-state index contributed by atoms with van der Waals surface area (Å²) in [5.41, 5.74) is 7.66. The van der Waals surface area contributed by atoms with Crippen molar-refractivity contribution in [1.82, 2.24) is 0 Å². The van der Waals surface area contributed by atoms with Gasteiger partial charge in [0.2, 0.25) is 0 Å². The van der Waals surface area contributed by atoms with Gasteiger partial charge in [0, 0.05) is 17.7 Å². The Morgan fingerprint density at radius 1 is 1.54 bits per heavy atom. The van der Waals surface area contributed by atoms with Crippen LogP contribution in [-0.4, -0.2) is 17.5 Å². The second-order valence-corrected chi connectivity index (χ2v) is 2.99. The van der Waals surface area contributed by atoms with Crippen LogP contribution in [0, 0.1) is 6.92 Å². The molecule has 0 unspecified atom stereocenters. The van der Waals surface area contributed by atoms with Crippen molar-refractivity contribution in [2.45, 2.75) is 13.3 Å². The maximum atomic E-state index is 11.3. The van der Waals surface area contributed by atoms with Crippen LogP contribution in [0.3, 0.4) is 0 Å². The molecule has 1 aromatic carbocycles. The van der Waals surface area contributed by atoms with E-state index < -0.39 is 0 Å². The Bertz CT molecular complexity index is 321. The van der Waals surface area contributed by atoms with Crippen molar-refractivity contribution < 1.29 is 9.90 Å². The van der Waals surface area contributed by atoms with Gasteiger partial charge in [-0.05, 0) is 24.6 Å². The molecule has 0 spiro atoms. The smallest absolute Gasteiger partial charge is 0.167 e. The fraction of sp³-hybridized carbons (Fsp3) is 0.300. The number of hydrogen-bond acceptors (Lipinski definition) is 3. The molecule has 0 amide bonds. The molecule has 0 saturated heterocycles. The van der Waals surface area contributed by atoms with Crippen LogP contribution in [0.2, 0.25) is 0 Å². The van der Waals surface area contributed by atoms with E-state index in [-0.39, 0.29) is 18.8 Å². The van der Waals surface area contributed by atoms with Gasteiger partial charge >= 0.3 is 0 Å². The number of aryl methyl sites for hydroxylation is 1. The van der Waals surface area contributed by atoms with Crippen molar-refractivity contribution in [1.29, 1.82) is 0 Å². The Balaban J connectivity index is 2.95. The molecule has 0 bridgehead atoms. The Morgan fingerprint density at radius 3 is 2.77 bits per heavy atom. The van der Waals surface area contributed by atoms with Crippen LogP contribution >= 0.6 is 0 Å². The molecule has 0 radical (unpaired) electrons. The Kier molecular flexibility index (Phi) is 3.03. The first kappa shape index (κ1) is 9.74. The number of nitrogen functional groups attached to an aromatic ring is 1. The molecule has 0 heterocycles. The number of carbonyl (C=O) groups excluding carboxylic acids is 1. The largest absolute Gasteiger partial charge is 0.398 e. The summed E-state index contributed by atoms with van der Waals surface area (Å²) in [5.74, 6) is -0.111. The number of Topliss-reactive ketones (excluding diaryl/α,β-unsaturated/α-hetero) is 1. The van der Waals surface area contributed by atoms with Gasteiger partial charge in [-0.25, -0.2) is 0 Å². The van der Waals surface area contributed by atoms with Crippen molar-refractivity contribution in [3.63, 3.8) is 0 Å². The molecular weight excluding hydrogens is 166 g/mol. The minimum atomic E-state index is -0.133. The molecule has 0 aromatic heterocycles. The standard InChI is InChI=1S/C10H13NO2/c1-7-2-3-8(9(11)6-7)10(13)4-5-12/h2-3,6,12H,4-5,11H2,1H3. The fourth-order valence-corrected chi connectivity index (χ4v) is 1.17. The molecule has 3 nitrogen and oxygen atoms in total. The normalized spacial score (nSPS) is 10.0. The summed E-state index contributed by atoms with van der Waals surface area (Å²) in [6.45, 7) is 1.78. The van der Waals surface area contributed by atoms with Gasteiger partial charge in [0.15, 0.2) is 5.78 Å². The molecule has 0 aliphatic carbocycles. The Labute approximate surface area is 77.2 Å². The van der Waals surface area contributed by atoms with E-state index in [9.17, 15) is 4.79 Å². The Hall–Kier alpha value is -1.35. The van der Waals surface area contributed by atoms with Gasteiger partial charge in [-0.2, -0.15) is 0 Å². The third-order valence-electron chi connectivity index (χ3n) is 1.85. The zero-order valence-electron chi connectivity index (χ0n) is 7.58. The van der Waals surface area contributed by atoms with Gasteiger partial charge in [0.1, 0.15) is 0 Å². The zero-order valence-corrected chi connectivity index (χ0v) is 7.58. The first-order chi connectivity index (χ1) is 6.15. The summed E-state index contributed by atoms with van der Waals surface area (Å²) in [7, 11) is 0. The van der Waals surface area contributed by atoms with E-state index in [1.165, 1.54) is 0 Å². The highest BCUT2D eigenvalue weighted by Gasteiger charge is 2.08. The number of hydrogen-bond donors (Lipinski definition) is 2. The van der Waals surface area contributed by atoms with Crippen LogP contribution in [0.1, 0.15) is 22.3 Å². The van der Waals surface area contributed by atoms with Gasteiger partial charge in [-0.1, -0.05) is 6.07 Å². The highest BCUT2D eigenvalue weighted by Crippen LogP contribution is 2.15. The minimum Gasteiger partial charge on any atom is -0.398 e. The lowest BCUT2D eigenvalue weighted by Crippen LogP contribution is -2.05. The highest BCUT2D eigenvalue weighted by molar-refractivity contribution is 6.00. The lowest BCUT2D eigenvalue weighted by Gasteiger charge is -2.04. The fourth-order valence-electron chi connectivity index (χ4n) is 1.17. The molecule has 1 aromatic rings. The molecule has 3 heteroatoms. The van der Waals surface area contributed by atoms with Crippen LogP contribution in [0.4, 0.5) is 5.69 Å². The lowest BCUT2D eigenvalue weighted by atomic mass is 10.0. The van der Waals surface area contributed by atoms with E-state index in [0.717, 1.165) is 5.56 Å². The lowest BCUT2D eigenvalue weighted by molar-refractivity contribution is 0.0957. The van der Waals surface area contributed by atoms with E-state index in [0.29, 0.717) is 11.3 Å². The summed E-state index contributed by atoms with van der Waals surface area (Å²) in [4.78, 5) is 11.3. The maximum absolute atomic E-state index is 11.3. The average Bonchev–Trinajstić information content (AvgIpc) is 2.04. The molecule has 0 atom stereocenters. The molecule has 3 N–H and O–H groups in total. The number of aliphatic hydroxyl groups excluding tert-OH is 1. The molecular formula is C10H13NO2. The molecule has 0 aliphatic rings.